The molecule has 4 nitrogen and oxygen atoms in total. The molecule has 0 saturated carbocycles. The first-order valence-electron chi connectivity index (χ1n) is 7.21. The summed E-state index contributed by atoms with van der Waals surface area (Å²) in [6, 6.07) is 0. The molecule has 1 saturated heterocycles. The van der Waals surface area contributed by atoms with Crippen molar-refractivity contribution in [1.82, 2.24) is 5.32 Å². The standard InChI is InChI=1S/C14H26N2O2S/c1-4-11-10(7-8-18-11)9-16-13(17)14(5-2,6-3)12(15)19/h10-11H,4-9H2,1-3H3,(H2,15,19)(H,16,17). The van der Waals surface area contributed by atoms with Crippen LogP contribution in [0.5, 0.6) is 0 Å². The second-order valence-corrected chi connectivity index (χ2v) is 5.67. The first-order chi connectivity index (χ1) is 9.01. The van der Waals surface area contributed by atoms with Crippen LogP contribution in [-0.4, -0.2) is 30.2 Å². The number of hydrogen-bond acceptors (Lipinski definition) is 3. The fourth-order valence-corrected chi connectivity index (χ4v) is 3.18. The predicted octanol–water partition coefficient (Wildman–Crippen LogP) is 2.01. The van der Waals surface area contributed by atoms with E-state index in [2.05, 4.69) is 12.2 Å². The minimum absolute atomic E-state index is 0.0354. The van der Waals surface area contributed by atoms with Crippen LogP contribution in [0.4, 0.5) is 0 Å². The first kappa shape index (κ1) is 16.4. The average molecular weight is 286 g/mol. The zero-order valence-electron chi connectivity index (χ0n) is 12.2. The van der Waals surface area contributed by atoms with Gasteiger partial charge >= 0.3 is 0 Å². The van der Waals surface area contributed by atoms with Crippen molar-refractivity contribution in [2.45, 2.75) is 52.6 Å². The van der Waals surface area contributed by atoms with Crippen molar-refractivity contribution in [3.05, 3.63) is 0 Å². The molecule has 1 aliphatic heterocycles. The van der Waals surface area contributed by atoms with E-state index in [1.807, 2.05) is 13.8 Å². The Bertz CT molecular complexity index is 329. The Morgan fingerprint density at radius 1 is 1.42 bits per heavy atom. The van der Waals surface area contributed by atoms with Crippen LogP contribution in [-0.2, 0) is 9.53 Å². The molecule has 0 bridgehead atoms. The molecule has 110 valence electrons. The van der Waals surface area contributed by atoms with Gasteiger partial charge in [0.15, 0.2) is 0 Å². The van der Waals surface area contributed by atoms with Crippen LogP contribution >= 0.6 is 12.2 Å². The summed E-state index contributed by atoms with van der Waals surface area (Å²) in [4.78, 5) is 12.7. The molecule has 3 N–H and O–H groups in total. The Morgan fingerprint density at radius 2 is 2.05 bits per heavy atom. The van der Waals surface area contributed by atoms with Crippen molar-refractivity contribution in [3.63, 3.8) is 0 Å². The molecule has 1 aliphatic rings. The molecule has 1 heterocycles. The van der Waals surface area contributed by atoms with Gasteiger partial charge in [0.05, 0.1) is 16.5 Å². The molecule has 2 unspecified atom stereocenters. The van der Waals surface area contributed by atoms with E-state index in [0.717, 1.165) is 19.4 Å². The minimum atomic E-state index is -0.698. The van der Waals surface area contributed by atoms with Gasteiger partial charge in [0.25, 0.3) is 0 Å². The fourth-order valence-electron chi connectivity index (χ4n) is 2.80. The maximum Gasteiger partial charge on any atom is 0.233 e. The second-order valence-electron chi connectivity index (χ2n) is 5.23. The van der Waals surface area contributed by atoms with E-state index in [0.29, 0.717) is 30.3 Å². The predicted molar refractivity (Wildman–Crippen MR) is 80.9 cm³/mol. The summed E-state index contributed by atoms with van der Waals surface area (Å²) in [7, 11) is 0. The van der Waals surface area contributed by atoms with Crippen LogP contribution in [0.2, 0.25) is 0 Å². The lowest BCUT2D eigenvalue weighted by Crippen LogP contribution is -2.49. The smallest absolute Gasteiger partial charge is 0.233 e. The van der Waals surface area contributed by atoms with Gasteiger partial charge in [-0.15, -0.1) is 0 Å². The molecular formula is C14H26N2O2S. The summed E-state index contributed by atoms with van der Waals surface area (Å²) in [5.41, 5.74) is 5.08. The molecule has 19 heavy (non-hydrogen) atoms. The minimum Gasteiger partial charge on any atom is -0.392 e. The SMILES string of the molecule is CCC1OCCC1CNC(=O)C(CC)(CC)C(N)=S. The third kappa shape index (κ3) is 3.45. The highest BCUT2D eigenvalue weighted by molar-refractivity contribution is 7.80. The summed E-state index contributed by atoms with van der Waals surface area (Å²) in [5, 5.41) is 3.03. The molecule has 5 heteroatoms. The van der Waals surface area contributed by atoms with E-state index in [1.54, 1.807) is 0 Å². The van der Waals surface area contributed by atoms with Crippen molar-refractivity contribution in [1.29, 1.82) is 0 Å². The summed E-state index contributed by atoms with van der Waals surface area (Å²) < 4.78 is 5.63. The van der Waals surface area contributed by atoms with Crippen LogP contribution < -0.4 is 11.1 Å². The van der Waals surface area contributed by atoms with E-state index in [1.165, 1.54) is 0 Å². The van der Waals surface area contributed by atoms with Crippen LogP contribution in [0.25, 0.3) is 0 Å². The summed E-state index contributed by atoms with van der Waals surface area (Å²) in [5.74, 6) is 0.374. The van der Waals surface area contributed by atoms with Gasteiger partial charge in [0, 0.05) is 19.1 Å². The number of nitrogens with one attached hydrogen (secondary N) is 1. The Morgan fingerprint density at radius 3 is 2.53 bits per heavy atom. The number of amides is 1. The number of ether oxygens (including phenoxy) is 1. The largest absolute Gasteiger partial charge is 0.392 e. The summed E-state index contributed by atoms with van der Waals surface area (Å²) in [6.07, 6.45) is 3.55. The van der Waals surface area contributed by atoms with Gasteiger partial charge in [0.1, 0.15) is 0 Å². The monoisotopic (exact) mass is 286 g/mol. The van der Waals surface area contributed by atoms with E-state index in [9.17, 15) is 4.79 Å². The zero-order valence-corrected chi connectivity index (χ0v) is 13.0. The number of thiocarbonyl (C=S) groups is 1. The number of nitrogens with two attached hydrogens (primary N) is 1. The van der Waals surface area contributed by atoms with Gasteiger partial charge in [-0.1, -0.05) is 33.0 Å². The molecule has 2 atom stereocenters. The Labute approximate surface area is 121 Å². The molecule has 0 aromatic heterocycles. The highest BCUT2D eigenvalue weighted by Crippen LogP contribution is 2.28. The van der Waals surface area contributed by atoms with Gasteiger partial charge in [0.2, 0.25) is 5.91 Å². The fraction of sp³-hybridized carbons (Fsp3) is 0.857. The number of hydrogen-bond donors (Lipinski definition) is 2. The molecule has 0 aromatic carbocycles. The van der Waals surface area contributed by atoms with Gasteiger partial charge in [-0.25, -0.2) is 0 Å². The second kappa shape index (κ2) is 7.20. The topological polar surface area (TPSA) is 64.3 Å². The first-order valence-corrected chi connectivity index (χ1v) is 7.62. The third-order valence-electron chi connectivity index (χ3n) is 4.39. The van der Waals surface area contributed by atoms with Crippen LogP contribution in [0.15, 0.2) is 0 Å². The Balaban J connectivity index is 2.60. The number of rotatable bonds is 7. The number of carbonyl (C=O) groups excluding carboxylic acids is 1. The lowest BCUT2D eigenvalue weighted by Gasteiger charge is -2.30. The highest BCUT2D eigenvalue weighted by Gasteiger charge is 2.38. The summed E-state index contributed by atoms with van der Waals surface area (Å²) >= 11 is 5.09. The maximum atomic E-state index is 12.4. The Hall–Kier alpha value is -0.680. The van der Waals surface area contributed by atoms with Crippen molar-refractivity contribution < 1.29 is 9.53 Å². The average Bonchev–Trinajstić information content (AvgIpc) is 2.85. The van der Waals surface area contributed by atoms with Crippen molar-refractivity contribution in [3.8, 4) is 0 Å². The lowest BCUT2D eigenvalue weighted by molar-refractivity contribution is -0.128. The van der Waals surface area contributed by atoms with Crippen LogP contribution in [0.1, 0.15) is 46.5 Å². The molecule has 0 aliphatic carbocycles. The molecule has 0 aromatic rings. The molecular weight excluding hydrogens is 260 g/mol. The van der Waals surface area contributed by atoms with E-state index in [4.69, 9.17) is 22.7 Å². The lowest BCUT2D eigenvalue weighted by atomic mass is 9.81. The van der Waals surface area contributed by atoms with Gasteiger partial charge in [-0.3, -0.25) is 4.79 Å². The zero-order chi connectivity index (χ0) is 14.5. The molecule has 0 spiro atoms. The van der Waals surface area contributed by atoms with Crippen molar-refractivity contribution in [2.24, 2.45) is 17.1 Å². The highest BCUT2D eigenvalue weighted by atomic mass is 32.1. The van der Waals surface area contributed by atoms with Crippen LogP contribution in [0, 0.1) is 11.3 Å². The van der Waals surface area contributed by atoms with E-state index >= 15 is 0 Å². The van der Waals surface area contributed by atoms with Gasteiger partial charge in [-0.05, 0) is 25.7 Å². The molecule has 1 fully saturated rings. The van der Waals surface area contributed by atoms with E-state index < -0.39 is 5.41 Å². The quantitative estimate of drug-likeness (QED) is 0.703. The van der Waals surface area contributed by atoms with Crippen molar-refractivity contribution in [2.75, 3.05) is 13.2 Å². The van der Waals surface area contributed by atoms with E-state index in [-0.39, 0.29) is 12.0 Å². The maximum absolute atomic E-state index is 12.4. The van der Waals surface area contributed by atoms with Crippen molar-refractivity contribution >= 4 is 23.1 Å². The number of carbonyl (C=O) groups is 1. The third-order valence-corrected chi connectivity index (χ3v) is 4.78. The normalized spacial score (nSPS) is 23.3. The molecule has 1 amide bonds. The summed E-state index contributed by atoms with van der Waals surface area (Å²) in [6.45, 7) is 7.47. The van der Waals surface area contributed by atoms with Gasteiger partial charge in [-0.2, -0.15) is 0 Å². The molecule has 1 rings (SSSR count). The molecule has 0 radical (unpaired) electrons. The van der Waals surface area contributed by atoms with Crippen LogP contribution in [0.3, 0.4) is 0 Å². The Kier molecular flexibility index (Phi) is 6.20. The van der Waals surface area contributed by atoms with Gasteiger partial charge < -0.3 is 15.8 Å².